The summed E-state index contributed by atoms with van der Waals surface area (Å²) in [6, 6.07) is 2.04. The lowest BCUT2D eigenvalue weighted by Crippen LogP contribution is -2.71. The maximum absolute atomic E-state index is 12.5. The van der Waals surface area contributed by atoms with E-state index in [2.05, 4.69) is 24.3 Å². The Morgan fingerprint density at radius 3 is 3.05 bits per heavy atom. The standard InChI is InChI=1S/C17H24N2O3/c1-3-10(2)12-9-13(22-19-12)16(20)18-14-11-5-8-21-15(11)17(14)6-4-7-17/h9-11,14-15H,3-8H2,1-2H3,(H,18,20). The molecule has 2 aliphatic carbocycles. The molecule has 1 aromatic rings. The fraction of sp³-hybridized carbons (Fsp3) is 0.765. The minimum Gasteiger partial charge on any atom is -0.377 e. The summed E-state index contributed by atoms with van der Waals surface area (Å²) in [5.74, 6) is 1.02. The van der Waals surface area contributed by atoms with E-state index >= 15 is 0 Å². The molecule has 2 saturated carbocycles. The first-order valence-electron chi connectivity index (χ1n) is 8.55. The normalized spacial score (nSPS) is 32.9. The largest absolute Gasteiger partial charge is 0.377 e. The van der Waals surface area contributed by atoms with Crippen molar-refractivity contribution >= 4 is 5.91 Å². The van der Waals surface area contributed by atoms with E-state index in [4.69, 9.17) is 9.26 Å². The van der Waals surface area contributed by atoms with Crippen LogP contribution in [0.25, 0.3) is 0 Å². The molecule has 1 aliphatic heterocycles. The van der Waals surface area contributed by atoms with Crippen LogP contribution in [0.5, 0.6) is 0 Å². The smallest absolute Gasteiger partial charge is 0.290 e. The van der Waals surface area contributed by atoms with Crippen molar-refractivity contribution in [1.82, 2.24) is 10.5 Å². The SMILES string of the molecule is CCC(C)c1cc(C(=O)NC2C3CCOC3C23CCC3)on1. The van der Waals surface area contributed by atoms with Crippen LogP contribution in [-0.4, -0.2) is 29.8 Å². The predicted octanol–water partition coefficient (Wildman–Crippen LogP) is 2.88. The Hall–Kier alpha value is -1.36. The first kappa shape index (κ1) is 14.2. The highest BCUT2D eigenvalue weighted by Crippen LogP contribution is 2.62. The van der Waals surface area contributed by atoms with Crippen molar-refractivity contribution in [2.45, 2.75) is 64.0 Å². The summed E-state index contributed by atoms with van der Waals surface area (Å²) < 4.78 is 11.1. The summed E-state index contributed by atoms with van der Waals surface area (Å²) in [6.45, 7) is 5.03. The number of nitrogens with one attached hydrogen (secondary N) is 1. The van der Waals surface area contributed by atoms with Gasteiger partial charge >= 0.3 is 0 Å². The van der Waals surface area contributed by atoms with Crippen molar-refractivity contribution in [2.75, 3.05) is 6.61 Å². The van der Waals surface area contributed by atoms with Gasteiger partial charge < -0.3 is 14.6 Å². The number of fused-ring (bicyclic) bond motifs is 2. The van der Waals surface area contributed by atoms with Crippen LogP contribution < -0.4 is 5.32 Å². The molecule has 3 fully saturated rings. The number of ether oxygens (including phenoxy) is 1. The second-order valence-corrected chi connectivity index (χ2v) is 7.21. The molecule has 0 aromatic carbocycles. The molecular weight excluding hydrogens is 280 g/mol. The van der Waals surface area contributed by atoms with Gasteiger partial charge in [0.15, 0.2) is 0 Å². The highest BCUT2D eigenvalue weighted by Gasteiger charge is 2.67. The quantitative estimate of drug-likeness (QED) is 0.929. The van der Waals surface area contributed by atoms with Crippen molar-refractivity contribution in [3.05, 3.63) is 17.5 Å². The lowest BCUT2D eigenvalue weighted by molar-refractivity contribution is -0.172. The van der Waals surface area contributed by atoms with Crippen molar-refractivity contribution < 1.29 is 14.1 Å². The van der Waals surface area contributed by atoms with E-state index in [9.17, 15) is 4.79 Å². The molecule has 1 amide bonds. The van der Waals surface area contributed by atoms with E-state index in [1.165, 1.54) is 19.3 Å². The molecule has 5 nitrogen and oxygen atoms in total. The Morgan fingerprint density at radius 2 is 2.36 bits per heavy atom. The number of amides is 1. The molecule has 1 N–H and O–H groups in total. The highest BCUT2D eigenvalue weighted by molar-refractivity contribution is 5.91. The first-order chi connectivity index (χ1) is 10.7. The Balaban J connectivity index is 1.47. The summed E-state index contributed by atoms with van der Waals surface area (Å²) in [5, 5.41) is 7.25. The second-order valence-electron chi connectivity index (χ2n) is 7.21. The van der Waals surface area contributed by atoms with Gasteiger partial charge in [0.25, 0.3) is 5.91 Å². The molecule has 22 heavy (non-hydrogen) atoms. The van der Waals surface area contributed by atoms with Gasteiger partial charge in [0.2, 0.25) is 5.76 Å². The summed E-state index contributed by atoms with van der Waals surface area (Å²) in [5.41, 5.74) is 1.07. The fourth-order valence-electron chi connectivity index (χ4n) is 4.51. The summed E-state index contributed by atoms with van der Waals surface area (Å²) in [7, 11) is 0. The minimum absolute atomic E-state index is 0.122. The molecule has 5 heteroatoms. The molecule has 1 aromatic heterocycles. The van der Waals surface area contributed by atoms with E-state index < -0.39 is 0 Å². The van der Waals surface area contributed by atoms with Crippen LogP contribution in [0.4, 0.5) is 0 Å². The van der Waals surface area contributed by atoms with Crippen molar-refractivity contribution in [3.63, 3.8) is 0 Å². The zero-order valence-electron chi connectivity index (χ0n) is 13.3. The number of hydrogen-bond donors (Lipinski definition) is 1. The number of carbonyl (C=O) groups excluding carboxylic acids is 1. The molecule has 2 heterocycles. The molecule has 1 spiro atoms. The molecule has 4 unspecified atom stereocenters. The van der Waals surface area contributed by atoms with Crippen molar-refractivity contribution in [3.8, 4) is 0 Å². The van der Waals surface area contributed by atoms with Crippen LogP contribution in [0, 0.1) is 11.3 Å². The molecule has 4 atom stereocenters. The highest BCUT2D eigenvalue weighted by atomic mass is 16.5. The number of carbonyl (C=O) groups is 1. The van der Waals surface area contributed by atoms with Crippen molar-refractivity contribution in [1.29, 1.82) is 0 Å². The summed E-state index contributed by atoms with van der Waals surface area (Å²) in [6.07, 6.45) is 6.02. The molecule has 4 rings (SSSR count). The third-order valence-corrected chi connectivity index (χ3v) is 6.19. The third-order valence-electron chi connectivity index (χ3n) is 6.19. The maximum Gasteiger partial charge on any atom is 0.290 e. The number of aromatic nitrogens is 1. The van der Waals surface area contributed by atoms with Gasteiger partial charge in [-0.15, -0.1) is 0 Å². The summed E-state index contributed by atoms with van der Waals surface area (Å²) >= 11 is 0. The molecular formula is C17H24N2O3. The predicted molar refractivity (Wildman–Crippen MR) is 80.6 cm³/mol. The monoisotopic (exact) mass is 304 g/mol. The van der Waals surface area contributed by atoms with E-state index in [1.807, 2.05) is 0 Å². The van der Waals surface area contributed by atoms with E-state index in [0.717, 1.165) is 25.1 Å². The average Bonchev–Trinajstić information content (AvgIpc) is 3.10. The lowest BCUT2D eigenvalue weighted by Gasteiger charge is -2.63. The van der Waals surface area contributed by atoms with Crippen molar-refractivity contribution in [2.24, 2.45) is 11.3 Å². The van der Waals surface area contributed by atoms with Gasteiger partial charge in [-0.3, -0.25) is 4.79 Å². The third kappa shape index (κ3) is 1.87. The number of hydrogen-bond acceptors (Lipinski definition) is 4. The van der Waals surface area contributed by atoms with Gasteiger partial charge in [-0.25, -0.2) is 0 Å². The lowest BCUT2D eigenvalue weighted by atomic mass is 9.46. The number of rotatable bonds is 4. The number of nitrogens with zero attached hydrogens (tertiary/aromatic N) is 1. The van der Waals surface area contributed by atoms with Crippen LogP contribution in [0.15, 0.2) is 10.6 Å². The van der Waals surface area contributed by atoms with E-state index in [0.29, 0.717) is 23.7 Å². The van der Waals surface area contributed by atoms with Gasteiger partial charge in [-0.05, 0) is 25.7 Å². The Morgan fingerprint density at radius 1 is 1.55 bits per heavy atom. The van der Waals surface area contributed by atoms with Crippen LogP contribution in [0.3, 0.4) is 0 Å². The average molecular weight is 304 g/mol. The van der Waals surface area contributed by atoms with Crippen LogP contribution >= 0.6 is 0 Å². The molecule has 120 valence electrons. The fourth-order valence-corrected chi connectivity index (χ4v) is 4.51. The van der Waals surface area contributed by atoms with Crippen LogP contribution in [0.2, 0.25) is 0 Å². The van der Waals surface area contributed by atoms with Crippen LogP contribution in [0.1, 0.15) is 68.1 Å². The summed E-state index contributed by atoms with van der Waals surface area (Å²) in [4.78, 5) is 12.5. The topological polar surface area (TPSA) is 64.4 Å². The van der Waals surface area contributed by atoms with Gasteiger partial charge in [0.05, 0.1) is 11.8 Å². The Kier molecular flexibility index (Phi) is 3.29. The minimum atomic E-state index is -0.122. The van der Waals surface area contributed by atoms with Gasteiger partial charge in [-0.2, -0.15) is 0 Å². The van der Waals surface area contributed by atoms with Crippen LogP contribution in [-0.2, 0) is 4.74 Å². The van der Waals surface area contributed by atoms with Gasteiger partial charge in [-0.1, -0.05) is 25.4 Å². The Labute approximate surface area is 130 Å². The second kappa shape index (κ2) is 5.08. The van der Waals surface area contributed by atoms with Gasteiger partial charge in [0, 0.05) is 36.0 Å². The maximum atomic E-state index is 12.5. The molecule has 1 saturated heterocycles. The molecule has 0 radical (unpaired) electrons. The van der Waals surface area contributed by atoms with E-state index in [1.54, 1.807) is 6.07 Å². The first-order valence-corrected chi connectivity index (χ1v) is 8.55. The zero-order valence-corrected chi connectivity index (χ0v) is 13.3. The van der Waals surface area contributed by atoms with E-state index in [-0.39, 0.29) is 17.4 Å². The Bertz CT molecular complexity index is 578. The van der Waals surface area contributed by atoms with Gasteiger partial charge in [0.1, 0.15) is 0 Å². The molecule has 0 bridgehead atoms. The zero-order chi connectivity index (χ0) is 15.3. The molecule has 3 aliphatic rings.